The number of alkyl carbamates (subject to hydrolysis) is 1. The highest BCUT2D eigenvalue weighted by Crippen LogP contribution is 2.15. The number of carbonyl (C=O) groups excluding carboxylic acids is 1. The summed E-state index contributed by atoms with van der Waals surface area (Å²) in [7, 11) is 0. The molecule has 0 saturated heterocycles. The fourth-order valence-electron chi connectivity index (χ4n) is 1.61. The minimum absolute atomic E-state index is 0.348. The van der Waals surface area contributed by atoms with Gasteiger partial charge in [0, 0.05) is 12.2 Å². The van der Waals surface area contributed by atoms with Gasteiger partial charge in [0.25, 0.3) is 0 Å². The van der Waals surface area contributed by atoms with Crippen molar-refractivity contribution in [2.45, 2.75) is 40.2 Å². The molecule has 122 valence electrons. The molecule has 0 spiro atoms. The number of hydrogen-bond acceptors (Lipinski definition) is 4. The number of rotatable bonds is 4. The van der Waals surface area contributed by atoms with Gasteiger partial charge in [-0.1, -0.05) is 0 Å². The summed E-state index contributed by atoms with van der Waals surface area (Å²) < 4.78 is 10.6. The highest BCUT2D eigenvalue weighted by atomic mass is 16.6. The molecule has 6 heteroatoms. The highest BCUT2D eigenvalue weighted by molar-refractivity contribution is 6.02. The van der Waals surface area contributed by atoms with E-state index in [1.807, 2.05) is 58.9 Å². The van der Waals surface area contributed by atoms with E-state index in [0.29, 0.717) is 19.1 Å². The van der Waals surface area contributed by atoms with Crippen LogP contribution in [0, 0.1) is 0 Å². The summed E-state index contributed by atoms with van der Waals surface area (Å²) in [4.78, 5) is 16.0. The van der Waals surface area contributed by atoms with E-state index in [9.17, 15) is 4.79 Å². The van der Waals surface area contributed by atoms with Crippen LogP contribution >= 0.6 is 0 Å². The molecule has 1 aromatic carbocycles. The molecule has 0 aromatic heterocycles. The highest BCUT2D eigenvalue weighted by Gasteiger charge is 2.17. The molecular weight excluding hydrogens is 282 g/mol. The van der Waals surface area contributed by atoms with E-state index in [4.69, 9.17) is 9.47 Å². The zero-order valence-corrected chi connectivity index (χ0v) is 13.9. The van der Waals surface area contributed by atoms with Crippen LogP contribution in [0.15, 0.2) is 29.3 Å². The SMILES string of the molecule is CCN=C(NC(=O)OC(C)(C)C)Nc1ccc(OCC)cc1. The van der Waals surface area contributed by atoms with E-state index in [1.165, 1.54) is 0 Å². The molecule has 0 aliphatic rings. The van der Waals surface area contributed by atoms with Crippen molar-refractivity contribution in [3.63, 3.8) is 0 Å². The van der Waals surface area contributed by atoms with Crippen LogP contribution in [-0.4, -0.2) is 30.8 Å². The van der Waals surface area contributed by atoms with E-state index in [-0.39, 0.29) is 0 Å². The first-order chi connectivity index (χ1) is 10.3. The molecule has 1 amide bonds. The summed E-state index contributed by atoms with van der Waals surface area (Å²) in [6, 6.07) is 7.41. The Labute approximate surface area is 131 Å². The van der Waals surface area contributed by atoms with Crippen LogP contribution in [0.4, 0.5) is 10.5 Å². The summed E-state index contributed by atoms with van der Waals surface area (Å²) in [6.07, 6.45) is -0.543. The number of aliphatic imine (C=N–C) groups is 1. The Balaban J connectivity index is 2.68. The lowest BCUT2D eigenvalue weighted by atomic mass is 10.2. The van der Waals surface area contributed by atoms with Crippen LogP contribution < -0.4 is 15.4 Å². The van der Waals surface area contributed by atoms with E-state index >= 15 is 0 Å². The van der Waals surface area contributed by atoms with Crippen LogP contribution in [0.2, 0.25) is 0 Å². The predicted molar refractivity (Wildman–Crippen MR) is 88.6 cm³/mol. The molecule has 0 aliphatic heterocycles. The first-order valence-electron chi connectivity index (χ1n) is 7.38. The van der Waals surface area contributed by atoms with Gasteiger partial charge in [-0.2, -0.15) is 0 Å². The van der Waals surface area contributed by atoms with Crippen LogP contribution in [0.25, 0.3) is 0 Å². The molecule has 0 fully saturated rings. The molecule has 1 rings (SSSR count). The van der Waals surface area contributed by atoms with Crippen LogP contribution in [0.1, 0.15) is 34.6 Å². The first-order valence-corrected chi connectivity index (χ1v) is 7.38. The Kier molecular flexibility index (Phi) is 6.69. The minimum atomic E-state index is -0.555. The Bertz CT molecular complexity index is 504. The fraction of sp³-hybridized carbons (Fsp3) is 0.500. The smallest absolute Gasteiger partial charge is 0.414 e. The maximum atomic E-state index is 11.8. The summed E-state index contributed by atoms with van der Waals surface area (Å²) in [5.41, 5.74) is 0.243. The van der Waals surface area contributed by atoms with Crippen molar-refractivity contribution in [1.82, 2.24) is 5.32 Å². The number of hydrogen-bond donors (Lipinski definition) is 2. The van der Waals surface area contributed by atoms with Gasteiger partial charge in [0.1, 0.15) is 11.4 Å². The Morgan fingerprint density at radius 2 is 1.82 bits per heavy atom. The zero-order chi connectivity index (χ0) is 16.6. The maximum Gasteiger partial charge on any atom is 0.414 e. The molecule has 0 heterocycles. The Morgan fingerprint density at radius 3 is 2.32 bits per heavy atom. The van der Waals surface area contributed by atoms with Gasteiger partial charge in [-0.3, -0.25) is 10.3 Å². The number of nitrogens with one attached hydrogen (secondary N) is 2. The quantitative estimate of drug-likeness (QED) is 0.660. The fourth-order valence-corrected chi connectivity index (χ4v) is 1.61. The third kappa shape index (κ3) is 6.97. The number of ether oxygens (including phenoxy) is 2. The predicted octanol–water partition coefficient (Wildman–Crippen LogP) is 3.40. The van der Waals surface area contributed by atoms with Crippen LogP contribution in [0.5, 0.6) is 5.75 Å². The van der Waals surface area contributed by atoms with Crippen LogP contribution in [0.3, 0.4) is 0 Å². The molecule has 0 unspecified atom stereocenters. The number of nitrogens with zero attached hydrogens (tertiary/aromatic N) is 1. The van der Waals surface area contributed by atoms with Crippen molar-refractivity contribution in [1.29, 1.82) is 0 Å². The molecule has 0 saturated carbocycles. The number of guanidine groups is 1. The second-order valence-corrected chi connectivity index (χ2v) is 5.53. The number of anilines is 1. The standard InChI is InChI=1S/C16H25N3O3/c1-6-17-14(19-15(20)22-16(3,4)5)18-12-8-10-13(11-9-12)21-7-2/h8-11H,6-7H2,1-5H3,(H2,17,18,19,20). The topological polar surface area (TPSA) is 72.0 Å². The first kappa shape index (κ1) is 17.8. The van der Waals surface area contributed by atoms with Gasteiger partial charge in [0.05, 0.1) is 6.61 Å². The van der Waals surface area contributed by atoms with Crippen LogP contribution in [-0.2, 0) is 4.74 Å². The lowest BCUT2D eigenvalue weighted by molar-refractivity contribution is 0.0563. The van der Waals surface area contributed by atoms with Crippen molar-refractivity contribution in [2.24, 2.45) is 4.99 Å². The van der Waals surface area contributed by atoms with Gasteiger partial charge in [0.2, 0.25) is 5.96 Å². The monoisotopic (exact) mass is 307 g/mol. The molecule has 0 bridgehead atoms. The molecule has 2 N–H and O–H groups in total. The summed E-state index contributed by atoms with van der Waals surface area (Å²) in [5, 5.41) is 5.66. The third-order valence-corrected chi connectivity index (χ3v) is 2.36. The second kappa shape index (κ2) is 8.26. The van der Waals surface area contributed by atoms with Gasteiger partial charge in [-0.15, -0.1) is 0 Å². The Hall–Kier alpha value is -2.24. The second-order valence-electron chi connectivity index (χ2n) is 5.53. The maximum absolute atomic E-state index is 11.8. The zero-order valence-electron chi connectivity index (χ0n) is 13.9. The largest absolute Gasteiger partial charge is 0.494 e. The lowest BCUT2D eigenvalue weighted by Crippen LogP contribution is -2.40. The Morgan fingerprint density at radius 1 is 1.18 bits per heavy atom. The van der Waals surface area contributed by atoms with Gasteiger partial charge < -0.3 is 14.8 Å². The number of benzene rings is 1. The molecule has 0 atom stereocenters. The summed E-state index contributed by atoms with van der Waals surface area (Å²) >= 11 is 0. The van der Waals surface area contributed by atoms with E-state index in [0.717, 1.165) is 11.4 Å². The molecule has 6 nitrogen and oxygen atoms in total. The van der Waals surface area contributed by atoms with E-state index < -0.39 is 11.7 Å². The van der Waals surface area contributed by atoms with E-state index in [1.54, 1.807) is 0 Å². The summed E-state index contributed by atoms with van der Waals surface area (Å²) in [5.74, 6) is 1.14. The molecule has 1 aromatic rings. The van der Waals surface area contributed by atoms with Gasteiger partial charge in [-0.05, 0) is 58.9 Å². The third-order valence-electron chi connectivity index (χ3n) is 2.36. The van der Waals surface area contributed by atoms with Crippen molar-refractivity contribution in [3.8, 4) is 5.75 Å². The molecule has 22 heavy (non-hydrogen) atoms. The average Bonchev–Trinajstić information content (AvgIpc) is 2.39. The minimum Gasteiger partial charge on any atom is -0.494 e. The number of amides is 1. The van der Waals surface area contributed by atoms with Crippen molar-refractivity contribution in [3.05, 3.63) is 24.3 Å². The normalized spacial score (nSPS) is 11.8. The van der Waals surface area contributed by atoms with Gasteiger partial charge in [0.15, 0.2) is 0 Å². The van der Waals surface area contributed by atoms with Crippen molar-refractivity contribution < 1.29 is 14.3 Å². The average molecular weight is 307 g/mol. The van der Waals surface area contributed by atoms with Gasteiger partial charge in [-0.25, -0.2) is 4.79 Å². The van der Waals surface area contributed by atoms with Crippen molar-refractivity contribution in [2.75, 3.05) is 18.5 Å². The molecule has 0 aliphatic carbocycles. The number of carbonyl (C=O) groups is 1. The summed E-state index contributed by atoms with van der Waals surface area (Å²) in [6.45, 7) is 10.4. The van der Waals surface area contributed by atoms with Crippen molar-refractivity contribution >= 4 is 17.7 Å². The molecule has 0 radical (unpaired) electrons. The molecular formula is C16H25N3O3. The van der Waals surface area contributed by atoms with Gasteiger partial charge >= 0.3 is 6.09 Å². The van der Waals surface area contributed by atoms with E-state index in [2.05, 4.69) is 15.6 Å². The lowest BCUT2D eigenvalue weighted by Gasteiger charge is -2.20.